The minimum Gasteiger partial charge on any atom is -0.347 e. The van der Waals surface area contributed by atoms with Crippen molar-refractivity contribution in [3.05, 3.63) is 90.8 Å². The van der Waals surface area contributed by atoms with E-state index in [1.807, 2.05) is 34.8 Å². The monoisotopic (exact) mass is 474 g/mol. The van der Waals surface area contributed by atoms with Crippen molar-refractivity contribution in [1.82, 2.24) is 30.1 Å². The van der Waals surface area contributed by atoms with Crippen LogP contribution in [0.5, 0.6) is 0 Å². The van der Waals surface area contributed by atoms with Gasteiger partial charge in [0.25, 0.3) is 0 Å². The van der Waals surface area contributed by atoms with Gasteiger partial charge >= 0.3 is 0 Å². The Kier molecular flexibility index (Phi) is 5.25. The molecule has 1 saturated carbocycles. The van der Waals surface area contributed by atoms with Gasteiger partial charge in [0.05, 0.1) is 22.6 Å². The summed E-state index contributed by atoms with van der Waals surface area (Å²) in [6.07, 6.45) is 6.49. The number of imidazole rings is 1. The van der Waals surface area contributed by atoms with Crippen molar-refractivity contribution in [3.8, 4) is 33.8 Å². The van der Waals surface area contributed by atoms with Crippen LogP contribution in [0.2, 0.25) is 0 Å². The molecule has 1 aliphatic rings. The Morgan fingerprint density at radius 1 is 1.08 bits per heavy atom. The minimum absolute atomic E-state index is 0.000856. The molecule has 1 fully saturated rings. The Labute approximate surface area is 208 Å². The zero-order chi connectivity index (χ0) is 24.7. The fourth-order valence-corrected chi connectivity index (χ4v) is 5.10. The van der Waals surface area contributed by atoms with Crippen molar-refractivity contribution >= 4 is 17.6 Å². The van der Waals surface area contributed by atoms with E-state index in [0.29, 0.717) is 0 Å². The van der Waals surface area contributed by atoms with Crippen LogP contribution in [0.25, 0.3) is 45.5 Å². The van der Waals surface area contributed by atoms with Crippen LogP contribution in [0.3, 0.4) is 0 Å². The summed E-state index contributed by atoms with van der Waals surface area (Å²) in [5, 5.41) is 15.2. The van der Waals surface area contributed by atoms with Gasteiger partial charge in [0.15, 0.2) is 5.65 Å². The van der Waals surface area contributed by atoms with Gasteiger partial charge in [-0.3, -0.25) is 9.89 Å². The van der Waals surface area contributed by atoms with E-state index in [0.717, 1.165) is 69.9 Å². The van der Waals surface area contributed by atoms with Crippen molar-refractivity contribution in [2.45, 2.75) is 31.7 Å². The average molecular weight is 475 g/mol. The number of aromatic nitrogens is 5. The van der Waals surface area contributed by atoms with Gasteiger partial charge in [0.2, 0.25) is 5.91 Å². The van der Waals surface area contributed by atoms with Crippen molar-refractivity contribution in [3.63, 3.8) is 0 Å². The van der Waals surface area contributed by atoms with Crippen LogP contribution >= 0.6 is 0 Å². The standard InChI is InChI=1S/C29H26N6O/c1-3-23-18-24(25-14-17-30-33-25)28-31-26(27(35(28)34-23)21-8-5-4-6-9-21)20-10-12-22(13-11-20)29(15-7-16-29)32-19(2)36/h3-6,8-14,17-18H,1,7,15-16H2,2H3,(H,30,33)(H,32,36). The first-order valence-corrected chi connectivity index (χ1v) is 12.1. The molecule has 0 spiro atoms. The second-order valence-corrected chi connectivity index (χ2v) is 9.26. The summed E-state index contributed by atoms with van der Waals surface area (Å²) in [6, 6.07) is 22.5. The average Bonchev–Trinajstić information content (AvgIpc) is 3.54. The fourth-order valence-electron chi connectivity index (χ4n) is 5.10. The molecular formula is C29H26N6O. The van der Waals surface area contributed by atoms with E-state index in [-0.39, 0.29) is 11.4 Å². The lowest BCUT2D eigenvalue weighted by Crippen LogP contribution is -2.50. The molecule has 7 nitrogen and oxygen atoms in total. The molecule has 0 aliphatic heterocycles. The molecule has 2 aromatic carbocycles. The number of nitrogens with one attached hydrogen (secondary N) is 2. The SMILES string of the molecule is C=Cc1cc(-c2ccn[nH]2)c2nc(-c3ccc(C4(NC(C)=O)CCC4)cc3)c(-c3ccccc3)n2n1. The van der Waals surface area contributed by atoms with E-state index in [1.54, 1.807) is 19.2 Å². The van der Waals surface area contributed by atoms with Crippen LogP contribution in [0.4, 0.5) is 0 Å². The molecule has 0 atom stereocenters. The number of nitrogens with zero attached hydrogens (tertiary/aromatic N) is 4. The molecule has 7 heteroatoms. The van der Waals surface area contributed by atoms with Crippen molar-refractivity contribution in [2.24, 2.45) is 0 Å². The predicted molar refractivity (Wildman–Crippen MR) is 141 cm³/mol. The first-order valence-electron chi connectivity index (χ1n) is 12.1. The maximum atomic E-state index is 11.9. The molecule has 178 valence electrons. The summed E-state index contributed by atoms with van der Waals surface area (Å²) < 4.78 is 1.90. The molecule has 0 radical (unpaired) electrons. The third kappa shape index (κ3) is 3.60. The molecule has 1 aliphatic carbocycles. The van der Waals surface area contributed by atoms with Crippen LogP contribution in [0.1, 0.15) is 37.4 Å². The van der Waals surface area contributed by atoms with E-state index in [9.17, 15) is 4.79 Å². The summed E-state index contributed by atoms with van der Waals surface area (Å²) in [6.45, 7) is 5.52. The zero-order valence-electron chi connectivity index (χ0n) is 20.0. The third-order valence-corrected chi connectivity index (χ3v) is 6.98. The van der Waals surface area contributed by atoms with Gasteiger partial charge < -0.3 is 5.32 Å². The zero-order valence-corrected chi connectivity index (χ0v) is 20.0. The molecule has 5 aromatic rings. The number of rotatable bonds is 6. The van der Waals surface area contributed by atoms with Gasteiger partial charge in [-0.25, -0.2) is 9.50 Å². The number of carbonyl (C=O) groups is 1. The number of hydrogen-bond donors (Lipinski definition) is 2. The molecule has 3 heterocycles. The quantitative estimate of drug-likeness (QED) is 0.335. The minimum atomic E-state index is -0.264. The number of hydrogen-bond acceptors (Lipinski definition) is 4. The molecule has 0 saturated heterocycles. The number of aromatic amines is 1. The highest BCUT2D eigenvalue weighted by molar-refractivity contribution is 5.87. The normalized spacial score (nSPS) is 14.4. The maximum Gasteiger partial charge on any atom is 0.217 e. The van der Waals surface area contributed by atoms with Crippen LogP contribution < -0.4 is 5.32 Å². The summed E-state index contributed by atoms with van der Waals surface area (Å²) in [5.41, 5.74) is 7.84. The number of H-pyrrole nitrogens is 1. The molecular weight excluding hydrogens is 448 g/mol. The highest BCUT2D eigenvalue weighted by atomic mass is 16.1. The topological polar surface area (TPSA) is 88.0 Å². The molecule has 6 rings (SSSR count). The number of carbonyl (C=O) groups excluding carboxylic acids is 1. The maximum absolute atomic E-state index is 11.9. The van der Waals surface area contributed by atoms with Gasteiger partial charge in [-0.2, -0.15) is 10.2 Å². The number of amides is 1. The lowest BCUT2D eigenvalue weighted by atomic mass is 9.71. The predicted octanol–water partition coefficient (Wildman–Crippen LogP) is 5.61. The summed E-state index contributed by atoms with van der Waals surface area (Å²) >= 11 is 0. The second kappa shape index (κ2) is 8.61. The summed E-state index contributed by atoms with van der Waals surface area (Å²) in [4.78, 5) is 17.0. The van der Waals surface area contributed by atoms with Crippen molar-refractivity contribution < 1.29 is 4.79 Å². The molecule has 2 N–H and O–H groups in total. The van der Waals surface area contributed by atoms with Gasteiger partial charge in [-0.05, 0) is 43.0 Å². The summed E-state index contributed by atoms with van der Waals surface area (Å²) in [5.74, 6) is 0.000856. The number of fused-ring (bicyclic) bond motifs is 1. The van der Waals surface area contributed by atoms with Gasteiger partial charge in [0, 0.05) is 29.8 Å². The highest BCUT2D eigenvalue weighted by Crippen LogP contribution is 2.42. The Balaban J connectivity index is 1.56. The van der Waals surface area contributed by atoms with E-state index < -0.39 is 0 Å². The van der Waals surface area contributed by atoms with E-state index in [4.69, 9.17) is 10.1 Å². The Bertz CT molecular complexity index is 1560. The summed E-state index contributed by atoms with van der Waals surface area (Å²) in [7, 11) is 0. The molecule has 0 bridgehead atoms. The van der Waals surface area contributed by atoms with E-state index in [1.165, 1.54) is 0 Å². The first-order chi connectivity index (χ1) is 17.6. The highest BCUT2D eigenvalue weighted by Gasteiger charge is 2.39. The van der Waals surface area contributed by atoms with Gasteiger partial charge in [-0.15, -0.1) is 0 Å². The van der Waals surface area contributed by atoms with E-state index in [2.05, 4.69) is 58.5 Å². The second-order valence-electron chi connectivity index (χ2n) is 9.26. The third-order valence-electron chi connectivity index (χ3n) is 6.98. The van der Waals surface area contributed by atoms with Crippen molar-refractivity contribution in [1.29, 1.82) is 0 Å². The lowest BCUT2D eigenvalue weighted by Gasteiger charge is -2.43. The van der Waals surface area contributed by atoms with E-state index >= 15 is 0 Å². The van der Waals surface area contributed by atoms with Gasteiger partial charge in [-0.1, -0.05) is 61.2 Å². The Morgan fingerprint density at radius 3 is 2.47 bits per heavy atom. The van der Waals surface area contributed by atoms with Crippen LogP contribution in [0.15, 0.2) is 79.5 Å². The smallest absolute Gasteiger partial charge is 0.217 e. The molecule has 0 unspecified atom stereocenters. The Morgan fingerprint density at radius 2 is 1.86 bits per heavy atom. The van der Waals surface area contributed by atoms with Crippen LogP contribution in [-0.2, 0) is 10.3 Å². The largest absolute Gasteiger partial charge is 0.347 e. The van der Waals surface area contributed by atoms with Crippen LogP contribution in [0, 0.1) is 0 Å². The molecule has 3 aromatic heterocycles. The lowest BCUT2D eigenvalue weighted by molar-refractivity contribution is -0.122. The number of benzene rings is 2. The van der Waals surface area contributed by atoms with Crippen LogP contribution in [-0.4, -0.2) is 30.7 Å². The Hall–Kier alpha value is -4.52. The van der Waals surface area contributed by atoms with Gasteiger partial charge in [0.1, 0.15) is 5.69 Å². The van der Waals surface area contributed by atoms with Crippen molar-refractivity contribution in [2.75, 3.05) is 0 Å². The molecule has 36 heavy (non-hydrogen) atoms. The molecule has 1 amide bonds. The fraction of sp³-hybridized carbons (Fsp3) is 0.172. The first kappa shape index (κ1) is 22.0.